The van der Waals surface area contributed by atoms with Gasteiger partial charge in [0, 0.05) is 23.9 Å². The molecule has 1 rings (SSSR count). The van der Waals surface area contributed by atoms with E-state index >= 15 is 0 Å². The van der Waals surface area contributed by atoms with Gasteiger partial charge in [-0.3, -0.25) is 4.79 Å². The largest absolute Gasteiger partial charge is 0.323 e. The van der Waals surface area contributed by atoms with E-state index in [1.54, 1.807) is 0 Å². The van der Waals surface area contributed by atoms with Crippen LogP contribution in [0.25, 0.3) is 0 Å². The van der Waals surface area contributed by atoms with Gasteiger partial charge in [0.2, 0.25) is 5.91 Å². The number of alkyl halides is 1. The Bertz CT molecular complexity index is 384. The second kappa shape index (κ2) is 5.16. The summed E-state index contributed by atoms with van der Waals surface area (Å²) in [5.41, 5.74) is -0.488. The fourth-order valence-electron chi connectivity index (χ4n) is 0.945. The third-order valence-corrected chi connectivity index (χ3v) is 1.99. The highest BCUT2D eigenvalue weighted by Gasteiger charge is 2.12. The number of hydrogen-bond acceptors (Lipinski definition) is 1. The first kappa shape index (κ1) is 12.0. The Balaban J connectivity index is 2.89. The van der Waals surface area contributed by atoms with Gasteiger partial charge in [-0.1, -0.05) is 15.9 Å². The molecular formula is C9H7BrF3NO. The monoisotopic (exact) mass is 281 g/mol. The van der Waals surface area contributed by atoms with E-state index in [9.17, 15) is 18.0 Å². The van der Waals surface area contributed by atoms with Crippen LogP contribution in [0.2, 0.25) is 0 Å². The molecule has 0 aromatic heterocycles. The topological polar surface area (TPSA) is 29.1 Å². The van der Waals surface area contributed by atoms with Gasteiger partial charge in [0.15, 0.2) is 11.6 Å². The smallest absolute Gasteiger partial charge is 0.225 e. The molecule has 0 spiro atoms. The van der Waals surface area contributed by atoms with E-state index in [-0.39, 0.29) is 6.42 Å². The number of nitrogens with one attached hydrogen (secondary N) is 1. The number of hydrogen-bond donors (Lipinski definition) is 1. The van der Waals surface area contributed by atoms with Gasteiger partial charge in [0.05, 0.1) is 5.69 Å². The molecule has 0 unspecified atom stereocenters. The van der Waals surface area contributed by atoms with Gasteiger partial charge in [-0.05, 0) is 0 Å². The lowest BCUT2D eigenvalue weighted by atomic mass is 10.2. The van der Waals surface area contributed by atoms with Gasteiger partial charge >= 0.3 is 0 Å². The van der Waals surface area contributed by atoms with E-state index in [2.05, 4.69) is 21.2 Å². The summed E-state index contributed by atoms with van der Waals surface area (Å²) in [6.07, 6.45) is 0.0948. The summed E-state index contributed by atoms with van der Waals surface area (Å²) in [4.78, 5) is 11.0. The molecule has 15 heavy (non-hydrogen) atoms. The Morgan fingerprint density at radius 2 is 2.00 bits per heavy atom. The van der Waals surface area contributed by atoms with Crippen LogP contribution in [0.5, 0.6) is 0 Å². The van der Waals surface area contributed by atoms with E-state index in [0.29, 0.717) is 11.4 Å². The van der Waals surface area contributed by atoms with E-state index < -0.39 is 29.0 Å². The van der Waals surface area contributed by atoms with E-state index in [4.69, 9.17) is 0 Å². The van der Waals surface area contributed by atoms with Gasteiger partial charge in [-0.25, -0.2) is 13.2 Å². The van der Waals surface area contributed by atoms with Crippen molar-refractivity contribution in [1.29, 1.82) is 0 Å². The van der Waals surface area contributed by atoms with Crippen molar-refractivity contribution in [2.75, 3.05) is 10.6 Å². The Kier molecular flexibility index (Phi) is 4.14. The number of halogens is 4. The molecule has 1 N–H and O–H groups in total. The molecule has 0 atom stereocenters. The molecule has 0 aliphatic rings. The van der Waals surface area contributed by atoms with Gasteiger partial charge < -0.3 is 5.32 Å². The minimum absolute atomic E-state index is 0.0948. The Hall–Kier alpha value is -1.04. The molecule has 6 heteroatoms. The summed E-state index contributed by atoms with van der Waals surface area (Å²) in [5.74, 6) is -4.05. The molecule has 0 saturated heterocycles. The average molecular weight is 282 g/mol. The molecule has 1 aromatic rings. The van der Waals surface area contributed by atoms with Crippen molar-refractivity contribution < 1.29 is 18.0 Å². The van der Waals surface area contributed by atoms with Crippen LogP contribution >= 0.6 is 15.9 Å². The number of benzene rings is 1. The van der Waals surface area contributed by atoms with Gasteiger partial charge in [0.25, 0.3) is 0 Å². The van der Waals surface area contributed by atoms with Crippen molar-refractivity contribution >= 4 is 27.5 Å². The Morgan fingerprint density at radius 3 is 2.60 bits per heavy atom. The molecule has 82 valence electrons. The molecular weight excluding hydrogens is 275 g/mol. The summed E-state index contributed by atoms with van der Waals surface area (Å²) in [6, 6.07) is 1.14. The van der Waals surface area contributed by atoms with Crippen LogP contribution in [0.4, 0.5) is 18.9 Å². The minimum atomic E-state index is -1.33. The molecule has 1 amide bonds. The summed E-state index contributed by atoms with van der Waals surface area (Å²) in [7, 11) is 0. The second-order valence-corrected chi connectivity index (χ2v) is 3.53. The minimum Gasteiger partial charge on any atom is -0.323 e. The second-order valence-electron chi connectivity index (χ2n) is 2.74. The highest BCUT2D eigenvalue weighted by molar-refractivity contribution is 9.09. The fraction of sp³-hybridized carbons (Fsp3) is 0.222. The zero-order chi connectivity index (χ0) is 11.4. The van der Waals surface area contributed by atoms with E-state index in [1.807, 2.05) is 0 Å². The van der Waals surface area contributed by atoms with Crippen LogP contribution in [0.15, 0.2) is 12.1 Å². The van der Waals surface area contributed by atoms with Crippen molar-refractivity contribution in [2.24, 2.45) is 0 Å². The first-order chi connectivity index (χ1) is 7.04. The third kappa shape index (κ3) is 3.23. The van der Waals surface area contributed by atoms with Crippen LogP contribution in [0, 0.1) is 17.5 Å². The molecule has 2 nitrogen and oxygen atoms in total. The molecule has 0 aliphatic heterocycles. The number of anilines is 1. The third-order valence-electron chi connectivity index (χ3n) is 1.59. The maximum Gasteiger partial charge on any atom is 0.225 e. The van der Waals surface area contributed by atoms with Crippen LogP contribution in [-0.4, -0.2) is 11.2 Å². The highest BCUT2D eigenvalue weighted by atomic mass is 79.9. The molecule has 0 saturated carbocycles. The number of amides is 1. The summed E-state index contributed by atoms with van der Waals surface area (Å²) in [6.45, 7) is 0. The summed E-state index contributed by atoms with van der Waals surface area (Å²) in [5, 5.41) is 2.46. The first-order valence-electron chi connectivity index (χ1n) is 4.05. The normalized spacial score (nSPS) is 10.1. The summed E-state index contributed by atoms with van der Waals surface area (Å²) >= 11 is 3.01. The predicted octanol–water partition coefficient (Wildman–Crippen LogP) is 2.83. The van der Waals surface area contributed by atoms with Crippen LogP contribution < -0.4 is 5.32 Å². The Morgan fingerprint density at radius 1 is 1.33 bits per heavy atom. The van der Waals surface area contributed by atoms with Crippen molar-refractivity contribution in [3.8, 4) is 0 Å². The lowest BCUT2D eigenvalue weighted by Gasteiger charge is -2.05. The SMILES string of the molecule is O=C(CCBr)Nc1cc(F)cc(F)c1F. The van der Waals surface area contributed by atoms with Crippen LogP contribution in [-0.2, 0) is 4.79 Å². The highest BCUT2D eigenvalue weighted by Crippen LogP contribution is 2.19. The van der Waals surface area contributed by atoms with Gasteiger partial charge in [0.1, 0.15) is 5.82 Å². The van der Waals surface area contributed by atoms with Crippen molar-refractivity contribution in [3.63, 3.8) is 0 Å². The molecule has 0 fully saturated rings. The van der Waals surface area contributed by atoms with Crippen LogP contribution in [0.3, 0.4) is 0 Å². The molecule has 0 bridgehead atoms. The maximum atomic E-state index is 13.0. The maximum absolute atomic E-state index is 13.0. The first-order valence-corrected chi connectivity index (χ1v) is 5.17. The quantitative estimate of drug-likeness (QED) is 0.670. The molecule has 0 radical (unpaired) electrons. The van der Waals surface area contributed by atoms with Crippen LogP contribution in [0.1, 0.15) is 6.42 Å². The molecule has 0 heterocycles. The lowest BCUT2D eigenvalue weighted by molar-refractivity contribution is -0.115. The standard InChI is InChI=1S/C9H7BrF3NO/c10-2-1-8(15)14-7-4-5(11)3-6(12)9(7)13/h3-4H,1-2H2,(H,14,15). The number of carbonyl (C=O) groups excluding carboxylic acids is 1. The van der Waals surface area contributed by atoms with Crippen molar-refractivity contribution in [2.45, 2.75) is 6.42 Å². The molecule has 1 aromatic carbocycles. The average Bonchev–Trinajstić information content (AvgIpc) is 2.13. The fourth-order valence-corrected chi connectivity index (χ4v) is 1.31. The zero-order valence-electron chi connectivity index (χ0n) is 7.49. The van der Waals surface area contributed by atoms with Crippen molar-refractivity contribution in [1.82, 2.24) is 0 Å². The number of carbonyl (C=O) groups is 1. The predicted molar refractivity (Wildman–Crippen MR) is 53.4 cm³/mol. The number of rotatable bonds is 3. The zero-order valence-corrected chi connectivity index (χ0v) is 9.08. The van der Waals surface area contributed by atoms with Gasteiger partial charge in [-0.2, -0.15) is 0 Å². The Labute approximate surface area is 92.6 Å². The summed E-state index contributed by atoms with van der Waals surface area (Å²) < 4.78 is 38.4. The van der Waals surface area contributed by atoms with Crippen molar-refractivity contribution in [3.05, 3.63) is 29.6 Å². The lowest BCUT2D eigenvalue weighted by Crippen LogP contribution is -2.13. The van der Waals surface area contributed by atoms with E-state index in [0.717, 1.165) is 6.07 Å². The molecule has 0 aliphatic carbocycles. The van der Waals surface area contributed by atoms with E-state index in [1.165, 1.54) is 0 Å². The van der Waals surface area contributed by atoms with Gasteiger partial charge in [-0.15, -0.1) is 0 Å².